The normalized spacial score (nSPS) is 20.4. The van der Waals surface area contributed by atoms with Crippen molar-refractivity contribution in [1.29, 1.82) is 0 Å². The van der Waals surface area contributed by atoms with E-state index in [1.807, 2.05) is 19.2 Å². The average Bonchev–Trinajstić information content (AvgIpc) is 3.00. The van der Waals surface area contributed by atoms with Crippen LogP contribution in [0.4, 0.5) is 0 Å². The van der Waals surface area contributed by atoms with Crippen LogP contribution >= 0.6 is 0 Å². The lowest BCUT2D eigenvalue weighted by Gasteiger charge is -2.32. The summed E-state index contributed by atoms with van der Waals surface area (Å²) in [5.74, 6) is 1.59. The molecule has 3 heterocycles. The maximum absolute atomic E-state index is 5.14. The maximum atomic E-state index is 5.14. The molecule has 5 nitrogen and oxygen atoms in total. The zero-order valence-electron chi connectivity index (χ0n) is 12.2. The number of nitrogens with zero attached hydrogens (tertiary/aromatic N) is 3. The average molecular weight is 274 g/mol. The Balaban J connectivity index is 1.57. The highest BCUT2D eigenvalue weighted by molar-refractivity contribution is 5.14. The molecule has 1 unspecified atom stereocenters. The lowest BCUT2D eigenvalue weighted by Crippen LogP contribution is -2.35. The second-order valence-corrected chi connectivity index (χ2v) is 5.91. The van der Waals surface area contributed by atoms with Crippen molar-refractivity contribution in [3.8, 4) is 0 Å². The molecular formula is C15H22N4O. The number of rotatable bonds is 4. The van der Waals surface area contributed by atoms with Gasteiger partial charge in [-0.3, -0.25) is 10.00 Å². The van der Waals surface area contributed by atoms with Gasteiger partial charge in [0.05, 0.1) is 11.9 Å². The fraction of sp³-hybridized carbons (Fsp3) is 0.600. The minimum Gasteiger partial charge on any atom is -0.361 e. The van der Waals surface area contributed by atoms with Crippen LogP contribution in [0, 0.1) is 19.8 Å². The number of aromatic nitrogens is 3. The topological polar surface area (TPSA) is 58.0 Å². The number of H-pyrrole nitrogens is 1. The lowest BCUT2D eigenvalue weighted by atomic mass is 9.92. The van der Waals surface area contributed by atoms with E-state index in [0.29, 0.717) is 5.92 Å². The third-order valence-electron chi connectivity index (χ3n) is 4.09. The summed E-state index contributed by atoms with van der Waals surface area (Å²) in [5.41, 5.74) is 3.60. The van der Waals surface area contributed by atoms with Gasteiger partial charge in [0.1, 0.15) is 5.76 Å². The van der Waals surface area contributed by atoms with Gasteiger partial charge in [-0.1, -0.05) is 5.16 Å². The number of piperidine rings is 1. The zero-order valence-corrected chi connectivity index (χ0v) is 12.2. The van der Waals surface area contributed by atoms with Crippen LogP contribution in [-0.2, 0) is 13.0 Å². The van der Waals surface area contributed by atoms with Crippen molar-refractivity contribution in [2.24, 2.45) is 5.92 Å². The summed E-state index contributed by atoms with van der Waals surface area (Å²) < 4.78 is 5.14. The molecule has 1 N–H and O–H groups in total. The fourth-order valence-electron chi connectivity index (χ4n) is 3.05. The van der Waals surface area contributed by atoms with E-state index >= 15 is 0 Å². The van der Waals surface area contributed by atoms with E-state index in [0.717, 1.165) is 37.5 Å². The van der Waals surface area contributed by atoms with E-state index in [-0.39, 0.29) is 0 Å². The summed E-state index contributed by atoms with van der Waals surface area (Å²) in [7, 11) is 0. The van der Waals surface area contributed by atoms with Crippen LogP contribution < -0.4 is 0 Å². The third-order valence-corrected chi connectivity index (χ3v) is 4.09. The molecule has 108 valence electrons. The minimum absolute atomic E-state index is 0.705. The highest BCUT2D eigenvalue weighted by atomic mass is 16.5. The standard InChI is InChI=1S/C15H22N4O/c1-11-8-16-17-15(11)7-13-4-3-5-19(9-13)10-14-6-12(2)20-18-14/h6,8,13H,3-5,7,9-10H2,1-2H3,(H,16,17). The molecule has 20 heavy (non-hydrogen) atoms. The number of likely N-dealkylation sites (tertiary alicyclic amines) is 1. The smallest absolute Gasteiger partial charge is 0.133 e. The SMILES string of the molecule is Cc1cc(CN2CCCC(Cc3[nH]ncc3C)C2)no1. The van der Waals surface area contributed by atoms with E-state index < -0.39 is 0 Å². The van der Waals surface area contributed by atoms with Crippen molar-refractivity contribution < 1.29 is 4.52 Å². The van der Waals surface area contributed by atoms with Gasteiger partial charge in [0.15, 0.2) is 0 Å². The van der Waals surface area contributed by atoms with Crippen LogP contribution in [0.1, 0.15) is 35.6 Å². The first-order valence-corrected chi connectivity index (χ1v) is 7.34. The third kappa shape index (κ3) is 3.10. The van der Waals surface area contributed by atoms with Gasteiger partial charge in [-0.05, 0) is 51.1 Å². The van der Waals surface area contributed by atoms with Crippen LogP contribution in [0.5, 0.6) is 0 Å². The number of hydrogen-bond acceptors (Lipinski definition) is 4. The molecule has 1 fully saturated rings. The number of nitrogens with one attached hydrogen (secondary N) is 1. The van der Waals surface area contributed by atoms with Crippen LogP contribution in [0.15, 0.2) is 16.8 Å². The molecular weight excluding hydrogens is 252 g/mol. The summed E-state index contributed by atoms with van der Waals surface area (Å²) >= 11 is 0. The molecule has 1 aliphatic rings. The van der Waals surface area contributed by atoms with E-state index in [1.165, 1.54) is 24.1 Å². The largest absolute Gasteiger partial charge is 0.361 e. The van der Waals surface area contributed by atoms with E-state index in [4.69, 9.17) is 4.52 Å². The van der Waals surface area contributed by atoms with Gasteiger partial charge >= 0.3 is 0 Å². The summed E-state index contributed by atoms with van der Waals surface area (Å²) in [6, 6.07) is 2.03. The lowest BCUT2D eigenvalue weighted by molar-refractivity contribution is 0.162. The molecule has 0 amide bonds. The van der Waals surface area contributed by atoms with Crippen molar-refractivity contribution in [2.75, 3.05) is 13.1 Å². The Hall–Kier alpha value is -1.62. The monoisotopic (exact) mass is 274 g/mol. The fourth-order valence-corrected chi connectivity index (χ4v) is 3.05. The second-order valence-electron chi connectivity index (χ2n) is 5.91. The first-order valence-electron chi connectivity index (χ1n) is 7.34. The van der Waals surface area contributed by atoms with Crippen LogP contribution in [0.25, 0.3) is 0 Å². The summed E-state index contributed by atoms with van der Waals surface area (Å²) in [6.07, 6.45) is 5.57. The van der Waals surface area contributed by atoms with Crippen LogP contribution in [0.2, 0.25) is 0 Å². The quantitative estimate of drug-likeness (QED) is 0.930. The van der Waals surface area contributed by atoms with Gasteiger partial charge in [0.2, 0.25) is 0 Å². The maximum Gasteiger partial charge on any atom is 0.133 e. The Bertz CT molecular complexity index is 560. The van der Waals surface area contributed by atoms with Crippen LogP contribution in [0.3, 0.4) is 0 Å². The Morgan fingerprint density at radius 2 is 2.35 bits per heavy atom. The number of hydrogen-bond donors (Lipinski definition) is 1. The van der Waals surface area contributed by atoms with Gasteiger partial charge < -0.3 is 4.52 Å². The molecule has 0 aliphatic carbocycles. The summed E-state index contributed by atoms with van der Waals surface area (Å²) in [5, 5.41) is 11.3. The Morgan fingerprint density at radius 1 is 1.45 bits per heavy atom. The Morgan fingerprint density at radius 3 is 3.05 bits per heavy atom. The Labute approximate surface area is 119 Å². The molecule has 1 aliphatic heterocycles. The summed E-state index contributed by atoms with van der Waals surface area (Å²) in [4.78, 5) is 2.48. The molecule has 2 aromatic heterocycles. The first-order chi connectivity index (χ1) is 9.70. The molecule has 0 bridgehead atoms. The molecule has 1 saturated heterocycles. The Kier molecular flexibility index (Phi) is 3.87. The van der Waals surface area contributed by atoms with Crippen LogP contribution in [-0.4, -0.2) is 33.3 Å². The first kappa shape index (κ1) is 13.4. The second kappa shape index (κ2) is 5.79. The van der Waals surface area contributed by atoms with Crippen molar-refractivity contribution in [1.82, 2.24) is 20.3 Å². The van der Waals surface area contributed by atoms with Crippen molar-refractivity contribution in [3.05, 3.63) is 35.0 Å². The van der Waals surface area contributed by atoms with E-state index in [1.54, 1.807) is 0 Å². The predicted octanol–water partition coefficient (Wildman–Crippen LogP) is 2.47. The van der Waals surface area contributed by atoms with Gasteiger partial charge in [-0.2, -0.15) is 5.10 Å². The van der Waals surface area contributed by atoms with E-state index in [2.05, 4.69) is 27.2 Å². The minimum atomic E-state index is 0.705. The zero-order chi connectivity index (χ0) is 13.9. The van der Waals surface area contributed by atoms with Gasteiger partial charge in [-0.25, -0.2) is 0 Å². The molecule has 0 spiro atoms. The molecule has 0 aromatic carbocycles. The van der Waals surface area contributed by atoms with E-state index in [9.17, 15) is 0 Å². The molecule has 5 heteroatoms. The van der Waals surface area contributed by atoms with Crippen molar-refractivity contribution >= 4 is 0 Å². The van der Waals surface area contributed by atoms with Crippen molar-refractivity contribution in [3.63, 3.8) is 0 Å². The molecule has 0 saturated carbocycles. The predicted molar refractivity (Wildman–Crippen MR) is 76.3 cm³/mol. The summed E-state index contributed by atoms with van der Waals surface area (Å²) in [6.45, 7) is 7.25. The van der Waals surface area contributed by atoms with Gasteiger partial charge in [0.25, 0.3) is 0 Å². The molecule has 0 radical (unpaired) electrons. The number of aryl methyl sites for hydroxylation is 2. The van der Waals surface area contributed by atoms with Crippen molar-refractivity contribution in [2.45, 2.75) is 39.7 Å². The highest BCUT2D eigenvalue weighted by Crippen LogP contribution is 2.22. The molecule has 1 atom stereocenters. The molecule has 2 aromatic rings. The highest BCUT2D eigenvalue weighted by Gasteiger charge is 2.22. The molecule has 3 rings (SSSR count). The number of aromatic amines is 1. The van der Waals surface area contributed by atoms with Gasteiger partial charge in [-0.15, -0.1) is 0 Å². The van der Waals surface area contributed by atoms with Gasteiger partial charge in [0, 0.05) is 24.8 Å².